The number of nitrogens with zero attached hydrogens (tertiary/aromatic N) is 3. The molecule has 8 heteroatoms. The number of nitro benzene ring substituents is 1. The van der Waals surface area contributed by atoms with E-state index in [1.807, 2.05) is 4.90 Å². The number of Topliss-reactive ketones (excluding diaryl/α,β-unsaturated/α-hetero) is 1. The lowest BCUT2D eigenvalue weighted by Gasteiger charge is -2.34. The van der Waals surface area contributed by atoms with Crippen LogP contribution in [0.5, 0.6) is 0 Å². The lowest BCUT2D eigenvalue weighted by Crippen LogP contribution is -2.50. The monoisotopic (exact) mass is 357 g/mol. The van der Waals surface area contributed by atoms with Crippen LogP contribution in [0.4, 0.5) is 5.69 Å². The van der Waals surface area contributed by atoms with Gasteiger partial charge in [0.15, 0.2) is 5.76 Å². The Bertz CT molecular complexity index is 823. The Morgan fingerprint density at radius 2 is 1.88 bits per heavy atom. The molecule has 0 radical (unpaired) electrons. The van der Waals surface area contributed by atoms with Crippen molar-refractivity contribution in [1.82, 2.24) is 9.80 Å². The molecule has 1 saturated heterocycles. The van der Waals surface area contributed by atoms with Gasteiger partial charge >= 0.3 is 0 Å². The Morgan fingerprint density at radius 3 is 2.50 bits per heavy atom. The van der Waals surface area contributed by atoms with Crippen molar-refractivity contribution < 1.29 is 18.9 Å². The summed E-state index contributed by atoms with van der Waals surface area (Å²) in [6.45, 7) is 3.88. The normalized spacial score (nSPS) is 15.0. The van der Waals surface area contributed by atoms with Gasteiger partial charge in [-0.05, 0) is 25.1 Å². The molecule has 0 saturated carbocycles. The van der Waals surface area contributed by atoms with Gasteiger partial charge < -0.3 is 9.32 Å². The molecule has 1 amide bonds. The largest absolute Gasteiger partial charge is 0.461 e. The molecule has 1 aliphatic heterocycles. The van der Waals surface area contributed by atoms with E-state index in [1.54, 1.807) is 30.0 Å². The maximum atomic E-state index is 12.7. The second-order valence-corrected chi connectivity index (χ2v) is 6.18. The number of amides is 1. The molecule has 0 aliphatic carbocycles. The van der Waals surface area contributed by atoms with Crippen LogP contribution < -0.4 is 0 Å². The number of rotatable bonds is 5. The number of ketones is 1. The molecule has 0 atom stereocenters. The van der Waals surface area contributed by atoms with E-state index in [4.69, 9.17) is 4.42 Å². The predicted octanol–water partition coefficient (Wildman–Crippen LogP) is 2.14. The Balaban J connectivity index is 1.61. The van der Waals surface area contributed by atoms with Crippen molar-refractivity contribution in [3.63, 3.8) is 0 Å². The van der Waals surface area contributed by atoms with Crippen molar-refractivity contribution in [1.29, 1.82) is 0 Å². The highest BCUT2D eigenvalue weighted by atomic mass is 16.6. The van der Waals surface area contributed by atoms with Crippen LogP contribution in [-0.4, -0.2) is 59.1 Å². The molecule has 0 unspecified atom stereocenters. The third-order valence-corrected chi connectivity index (χ3v) is 4.56. The van der Waals surface area contributed by atoms with Crippen molar-refractivity contribution in [2.24, 2.45) is 0 Å². The van der Waals surface area contributed by atoms with E-state index in [2.05, 4.69) is 0 Å². The second-order valence-electron chi connectivity index (χ2n) is 6.18. The first-order chi connectivity index (χ1) is 12.5. The van der Waals surface area contributed by atoms with Crippen LogP contribution in [0, 0.1) is 17.0 Å². The molecule has 2 aromatic rings. The minimum absolute atomic E-state index is 0.0569. The molecule has 1 aromatic carbocycles. The first-order valence-corrected chi connectivity index (χ1v) is 8.29. The molecule has 136 valence electrons. The highest BCUT2D eigenvalue weighted by Gasteiger charge is 2.26. The molecule has 3 rings (SSSR count). The summed E-state index contributed by atoms with van der Waals surface area (Å²) in [5, 5.41) is 11.1. The second kappa shape index (κ2) is 7.49. The number of hydrogen-bond acceptors (Lipinski definition) is 6. The highest BCUT2D eigenvalue weighted by Crippen LogP contribution is 2.22. The molecule has 1 fully saturated rings. The van der Waals surface area contributed by atoms with Gasteiger partial charge in [-0.25, -0.2) is 0 Å². The summed E-state index contributed by atoms with van der Waals surface area (Å²) in [4.78, 5) is 39.0. The summed E-state index contributed by atoms with van der Waals surface area (Å²) in [7, 11) is 0. The zero-order valence-electron chi connectivity index (χ0n) is 14.4. The fraction of sp³-hybridized carbons (Fsp3) is 0.333. The average molecular weight is 357 g/mol. The maximum Gasteiger partial charge on any atom is 0.273 e. The Labute approximate surface area is 150 Å². The quantitative estimate of drug-likeness (QED) is 0.462. The van der Waals surface area contributed by atoms with E-state index in [0.29, 0.717) is 43.1 Å². The van der Waals surface area contributed by atoms with Crippen molar-refractivity contribution in [3.8, 4) is 0 Å². The van der Waals surface area contributed by atoms with Crippen LogP contribution in [0.25, 0.3) is 0 Å². The molecule has 26 heavy (non-hydrogen) atoms. The van der Waals surface area contributed by atoms with Crippen LogP contribution in [0.3, 0.4) is 0 Å². The first-order valence-electron chi connectivity index (χ1n) is 8.29. The van der Waals surface area contributed by atoms with Crippen molar-refractivity contribution in [2.45, 2.75) is 6.92 Å². The van der Waals surface area contributed by atoms with Crippen LogP contribution >= 0.6 is 0 Å². The number of hydrogen-bond donors (Lipinski definition) is 0. The third kappa shape index (κ3) is 3.65. The van der Waals surface area contributed by atoms with Crippen molar-refractivity contribution in [2.75, 3.05) is 32.7 Å². The molecule has 0 spiro atoms. The number of piperazine rings is 1. The number of carbonyl (C=O) groups is 2. The molecule has 8 nitrogen and oxygen atoms in total. The van der Waals surface area contributed by atoms with E-state index in [1.165, 1.54) is 18.4 Å². The van der Waals surface area contributed by atoms with Gasteiger partial charge in [0.25, 0.3) is 11.6 Å². The third-order valence-electron chi connectivity index (χ3n) is 4.56. The average Bonchev–Trinajstić information content (AvgIpc) is 3.16. The summed E-state index contributed by atoms with van der Waals surface area (Å²) in [5.41, 5.74) is 0.663. The van der Waals surface area contributed by atoms with Gasteiger partial charge in [-0.2, -0.15) is 0 Å². The molecule has 1 aliphatic rings. The zero-order chi connectivity index (χ0) is 18.7. The fourth-order valence-corrected chi connectivity index (χ4v) is 3.05. The van der Waals surface area contributed by atoms with Crippen LogP contribution in [0.1, 0.15) is 26.5 Å². The Morgan fingerprint density at radius 1 is 1.15 bits per heavy atom. The summed E-state index contributed by atoms with van der Waals surface area (Å²) >= 11 is 0. The minimum atomic E-state index is -0.482. The number of carbonyl (C=O) groups excluding carboxylic acids is 2. The van der Waals surface area contributed by atoms with Crippen LogP contribution in [0.2, 0.25) is 0 Å². The summed E-state index contributed by atoms with van der Waals surface area (Å²) < 4.78 is 5.10. The van der Waals surface area contributed by atoms with E-state index in [9.17, 15) is 19.7 Å². The standard InChI is InChI=1S/C18H19N3O5/c1-13-14(4-2-5-15(13)21(24)25)18(23)20-9-7-19(8-10-20)12-16(22)17-6-3-11-26-17/h2-6,11H,7-10,12H2,1H3. The van der Waals surface area contributed by atoms with Gasteiger partial charge in [0.1, 0.15) is 0 Å². The molecule has 0 N–H and O–H groups in total. The van der Waals surface area contributed by atoms with E-state index in [0.717, 1.165) is 0 Å². The van der Waals surface area contributed by atoms with Crippen molar-refractivity contribution >= 4 is 17.4 Å². The zero-order valence-corrected chi connectivity index (χ0v) is 14.4. The fourth-order valence-electron chi connectivity index (χ4n) is 3.05. The van der Waals surface area contributed by atoms with Gasteiger partial charge in [0, 0.05) is 43.4 Å². The summed E-state index contributed by atoms with van der Waals surface area (Å²) in [5.74, 6) is 0.0169. The minimum Gasteiger partial charge on any atom is -0.461 e. The molecular formula is C18H19N3O5. The molecule has 2 heterocycles. The predicted molar refractivity (Wildman–Crippen MR) is 93.2 cm³/mol. The van der Waals surface area contributed by atoms with E-state index >= 15 is 0 Å². The summed E-state index contributed by atoms with van der Waals surface area (Å²) in [6.07, 6.45) is 1.46. The number of nitro groups is 1. The lowest BCUT2D eigenvalue weighted by atomic mass is 10.1. The summed E-state index contributed by atoms with van der Waals surface area (Å²) in [6, 6.07) is 7.83. The lowest BCUT2D eigenvalue weighted by molar-refractivity contribution is -0.385. The number of furan rings is 1. The van der Waals surface area contributed by atoms with E-state index in [-0.39, 0.29) is 23.9 Å². The maximum absolute atomic E-state index is 12.7. The van der Waals surface area contributed by atoms with Gasteiger partial charge in [-0.1, -0.05) is 6.07 Å². The Kier molecular flexibility index (Phi) is 5.13. The number of benzene rings is 1. The Hall–Kier alpha value is -3.00. The van der Waals surface area contributed by atoms with Crippen LogP contribution in [-0.2, 0) is 0 Å². The highest BCUT2D eigenvalue weighted by molar-refractivity contribution is 5.97. The topological polar surface area (TPSA) is 96.9 Å². The van der Waals surface area contributed by atoms with Gasteiger partial charge in [0.2, 0.25) is 5.78 Å². The van der Waals surface area contributed by atoms with Crippen molar-refractivity contribution in [3.05, 3.63) is 63.6 Å². The van der Waals surface area contributed by atoms with Gasteiger partial charge in [0.05, 0.1) is 17.7 Å². The van der Waals surface area contributed by atoms with Gasteiger partial charge in [-0.15, -0.1) is 0 Å². The van der Waals surface area contributed by atoms with Crippen LogP contribution in [0.15, 0.2) is 41.0 Å². The molecule has 0 bridgehead atoms. The van der Waals surface area contributed by atoms with E-state index < -0.39 is 4.92 Å². The smallest absolute Gasteiger partial charge is 0.273 e. The molecule has 1 aromatic heterocycles. The van der Waals surface area contributed by atoms with Gasteiger partial charge in [-0.3, -0.25) is 24.6 Å². The molecular weight excluding hydrogens is 338 g/mol. The first kappa shape index (κ1) is 17.8. The SMILES string of the molecule is Cc1c(C(=O)N2CCN(CC(=O)c3ccco3)CC2)cccc1[N+](=O)[O-].